The summed E-state index contributed by atoms with van der Waals surface area (Å²) in [6.45, 7) is 5.22. The van der Waals surface area contributed by atoms with Crippen LogP contribution in [-0.4, -0.2) is 13.3 Å². The highest BCUT2D eigenvalue weighted by molar-refractivity contribution is 7.60. The van der Waals surface area contributed by atoms with Crippen LogP contribution in [0.3, 0.4) is 0 Å². The molecule has 0 spiro atoms. The predicted molar refractivity (Wildman–Crippen MR) is 212 cm³/mol. The van der Waals surface area contributed by atoms with Crippen LogP contribution in [0, 0.1) is 0 Å². The van der Waals surface area contributed by atoms with Gasteiger partial charge in [0.05, 0.1) is 0 Å². The molecule has 0 bridgehead atoms. The molecule has 0 amide bonds. The lowest BCUT2D eigenvalue weighted by Gasteiger charge is -2.37. The lowest BCUT2D eigenvalue weighted by atomic mass is 9.83. The maximum atomic E-state index is 2.61. The molecule has 0 saturated carbocycles. The van der Waals surface area contributed by atoms with Crippen molar-refractivity contribution in [1.29, 1.82) is 0 Å². The van der Waals surface area contributed by atoms with Crippen molar-refractivity contribution in [2.75, 3.05) is 13.3 Å². The Morgan fingerprint density at radius 3 is 1.04 bits per heavy atom. The minimum absolute atomic E-state index is 0.389. The number of benzene rings is 8. The molecule has 0 fully saturated rings. The second kappa shape index (κ2) is 11.1. The minimum Gasteiger partial charge on any atom is -0.0967 e. The lowest BCUT2D eigenvalue weighted by Crippen LogP contribution is -2.11. The maximum Gasteiger partial charge on any atom is 0.0157 e. The summed E-state index contributed by atoms with van der Waals surface area (Å²) < 4.78 is 0. The number of fused-ring (bicyclic) bond motifs is 14. The molecule has 230 valence electrons. The fraction of sp³-hybridized carbons (Fsp3) is 0.130. The molecule has 2 aliphatic rings. The Morgan fingerprint density at radius 2 is 0.667 bits per heavy atom. The van der Waals surface area contributed by atoms with Crippen LogP contribution in [-0.2, 0) is 12.3 Å². The molecule has 48 heavy (non-hydrogen) atoms. The zero-order chi connectivity index (χ0) is 31.9. The second-order valence-corrected chi connectivity index (χ2v) is 18.6. The summed E-state index contributed by atoms with van der Waals surface area (Å²) in [5.74, 6) is 0. The quantitative estimate of drug-likeness (QED) is 0.155. The summed E-state index contributed by atoms with van der Waals surface area (Å²) in [6, 6.07) is 55.9. The maximum absolute atomic E-state index is 2.61. The molecule has 0 radical (unpaired) electrons. The molecule has 10 rings (SSSR count). The van der Waals surface area contributed by atoms with Gasteiger partial charge in [0.2, 0.25) is 0 Å². The number of hydrogen-bond donors (Lipinski definition) is 0. The van der Waals surface area contributed by atoms with Gasteiger partial charge in [-0.05, 0) is 113 Å². The Morgan fingerprint density at radius 1 is 0.354 bits per heavy atom. The van der Waals surface area contributed by atoms with Crippen molar-refractivity contribution in [1.82, 2.24) is 0 Å². The van der Waals surface area contributed by atoms with E-state index >= 15 is 0 Å². The van der Waals surface area contributed by atoms with Gasteiger partial charge < -0.3 is 0 Å². The van der Waals surface area contributed by atoms with E-state index in [1.54, 1.807) is 11.1 Å². The van der Waals surface area contributed by atoms with E-state index in [-0.39, 0.29) is 15.8 Å². The van der Waals surface area contributed by atoms with Gasteiger partial charge in [0.15, 0.2) is 0 Å². The molecule has 0 N–H and O–H groups in total. The molecular weight excluding hydrogens is 614 g/mol. The Balaban J connectivity index is 1.31. The highest BCUT2D eigenvalue weighted by Gasteiger charge is 2.41. The molecule has 8 aromatic rings. The lowest BCUT2D eigenvalue weighted by molar-refractivity contribution is 0.883. The molecule has 8 aromatic carbocycles. The van der Waals surface area contributed by atoms with Gasteiger partial charge >= 0.3 is 0 Å². The Labute approximate surface area is 285 Å². The fourth-order valence-corrected chi connectivity index (χ4v) is 15.2. The molecular formula is C46H36P2. The van der Waals surface area contributed by atoms with E-state index in [9.17, 15) is 0 Å². The van der Waals surface area contributed by atoms with Crippen LogP contribution >= 0.6 is 15.8 Å². The van der Waals surface area contributed by atoms with Crippen LogP contribution in [0.1, 0.15) is 33.6 Å². The molecule has 0 unspecified atom stereocenters. The van der Waals surface area contributed by atoms with Crippen molar-refractivity contribution in [3.05, 3.63) is 168 Å². The van der Waals surface area contributed by atoms with Crippen molar-refractivity contribution in [3.63, 3.8) is 0 Å². The SMILES string of the molecule is C[P@@]1Cc2ccc3ccccc3c2-c2c(ccc3ccccc23)[C@@H]1[C@H]1c2ccc3ccccc3c2-c2c(ccc3ccccc23)C[P@]1C. The van der Waals surface area contributed by atoms with Crippen LogP contribution in [0.4, 0.5) is 0 Å². The summed E-state index contributed by atoms with van der Waals surface area (Å²) >= 11 is 0. The molecule has 0 saturated heterocycles. The van der Waals surface area contributed by atoms with Gasteiger partial charge in [-0.15, -0.1) is 0 Å². The van der Waals surface area contributed by atoms with E-state index in [1.165, 1.54) is 76.5 Å². The van der Waals surface area contributed by atoms with E-state index in [2.05, 4.69) is 159 Å². The highest BCUT2D eigenvalue weighted by atomic mass is 31.1. The van der Waals surface area contributed by atoms with Gasteiger partial charge in [0.25, 0.3) is 0 Å². The van der Waals surface area contributed by atoms with Crippen LogP contribution < -0.4 is 0 Å². The zero-order valence-corrected chi connectivity index (χ0v) is 29.1. The second-order valence-electron chi connectivity index (χ2n) is 13.9. The van der Waals surface area contributed by atoms with Gasteiger partial charge in [-0.1, -0.05) is 161 Å². The summed E-state index contributed by atoms with van der Waals surface area (Å²) in [5, 5.41) is 10.9. The van der Waals surface area contributed by atoms with Crippen LogP contribution in [0.5, 0.6) is 0 Å². The van der Waals surface area contributed by atoms with E-state index < -0.39 is 0 Å². The predicted octanol–water partition coefficient (Wildman–Crippen LogP) is 13.7. The van der Waals surface area contributed by atoms with Gasteiger partial charge in [0, 0.05) is 11.3 Å². The molecule has 0 aliphatic carbocycles. The van der Waals surface area contributed by atoms with Gasteiger partial charge in [-0.3, -0.25) is 0 Å². The normalized spacial score (nSPS) is 20.1. The minimum atomic E-state index is -0.389. The van der Waals surface area contributed by atoms with Crippen molar-refractivity contribution >= 4 is 58.9 Å². The van der Waals surface area contributed by atoms with E-state index in [0.29, 0.717) is 11.3 Å². The Kier molecular flexibility index (Phi) is 6.63. The smallest absolute Gasteiger partial charge is 0.0157 e. The van der Waals surface area contributed by atoms with Crippen molar-refractivity contribution < 1.29 is 0 Å². The van der Waals surface area contributed by atoms with E-state index in [4.69, 9.17) is 0 Å². The number of hydrogen-bond acceptors (Lipinski definition) is 0. The summed E-state index contributed by atoms with van der Waals surface area (Å²) in [7, 11) is -0.778. The first-order chi connectivity index (χ1) is 23.7. The molecule has 0 aromatic heterocycles. The van der Waals surface area contributed by atoms with Crippen molar-refractivity contribution in [2.45, 2.75) is 23.6 Å². The summed E-state index contributed by atoms with van der Waals surface area (Å²) in [5.41, 5.74) is 13.0. The van der Waals surface area contributed by atoms with Gasteiger partial charge in [-0.2, -0.15) is 0 Å². The van der Waals surface area contributed by atoms with Crippen LogP contribution in [0.2, 0.25) is 0 Å². The third kappa shape index (κ3) is 4.23. The molecule has 4 atom stereocenters. The summed E-state index contributed by atoms with van der Waals surface area (Å²) in [4.78, 5) is 0. The Bertz CT molecular complexity index is 2400. The third-order valence-corrected chi connectivity index (χ3v) is 16.1. The molecule has 2 heterocycles. The molecule has 2 heteroatoms. The first-order valence-corrected chi connectivity index (χ1v) is 21.2. The largest absolute Gasteiger partial charge is 0.0967 e. The average molecular weight is 651 g/mol. The van der Waals surface area contributed by atoms with Crippen molar-refractivity contribution in [2.24, 2.45) is 0 Å². The first-order valence-electron chi connectivity index (χ1n) is 17.1. The van der Waals surface area contributed by atoms with Gasteiger partial charge in [-0.25, -0.2) is 0 Å². The van der Waals surface area contributed by atoms with Crippen molar-refractivity contribution in [3.8, 4) is 22.3 Å². The van der Waals surface area contributed by atoms with Gasteiger partial charge in [0.1, 0.15) is 0 Å². The highest BCUT2D eigenvalue weighted by Crippen LogP contribution is 2.72. The van der Waals surface area contributed by atoms with E-state index in [1.807, 2.05) is 0 Å². The first kappa shape index (κ1) is 28.7. The van der Waals surface area contributed by atoms with E-state index in [0.717, 1.165) is 12.3 Å². The standard InChI is InChI=1S/C46H36P2/c1-47-27-33-21-19-29-11-3-7-15-35(29)41(33)43-37-17-9-5-13-31(37)23-25-39(43)45(47)46-40-26-24-32-14-6-10-18-38(32)44(40)42-34(28-48(46)2)22-20-30-12-4-8-16-36(30)42/h3-26,45-46H,27-28H2,1-2H3/t45-,46-,47+,48+/m1/s1. The Hall–Kier alpha value is -4.34. The number of rotatable bonds is 1. The topological polar surface area (TPSA) is 0 Å². The molecule has 0 nitrogen and oxygen atoms in total. The van der Waals surface area contributed by atoms with Crippen LogP contribution in [0.15, 0.2) is 146 Å². The average Bonchev–Trinajstić information content (AvgIpc) is 3.34. The molecule has 2 aliphatic heterocycles. The fourth-order valence-electron chi connectivity index (χ4n) is 9.15. The van der Waals surface area contributed by atoms with Crippen LogP contribution in [0.25, 0.3) is 65.3 Å². The summed E-state index contributed by atoms with van der Waals surface area (Å²) in [6.07, 6.45) is 2.28. The zero-order valence-electron chi connectivity index (χ0n) is 27.3. The third-order valence-electron chi connectivity index (χ3n) is 11.2. The monoisotopic (exact) mass is 650 g/mol.